The highest BCUT2D eigenvalue weighted by molar-refractivity contribution is 6.30. The summed E-state index contributed by atoms with van der Waals surface area (Å²) in [6.07, 6.45) is 8.79. The van der Waals surface area contributed by atoms with E-state index in [-0.39, 0.29) is 0 Å². The maximum absolute atomic E-state index is 6.32. The van der Waals surface area contributed by atoms with E-state index in [0.717, 1.165) is 40.6 Å². The average molecular weight is 410 g/mol. The van der Waals surface area contributed by atoms with Crippen molar-refractivity contribution in [3.63, 3.8) is 0 Å². The number of benzene rings is 2. The smallest absolute Gasteiger partial charge is 0.124 e. The molecule has 0 amide bonds. The van der Waals surface area contributed by atoms with Gasteiger partial charge < -0.3 is 10.1 Å². The molecule has 4 bridgehead atoms. The lowest BCUT2D eigenvalue weighted by Crippen LogP contribution is -2.54. The van der Waals surface area contributed by atoms with E-state index in [2.05, 4.69) is 42.6 Å². The van der Waals surface area contributed by atoms with Gasteiger partial charge in [-0.1, -0.05) is 41.9 Å². The van der Waals surface area contributed by atoms with Crippen LogP contribution in [0.15, 0.2) is 48.5 Å². The summed E-state index contributed by atoms with van der Waals surface area (Å²) in [7, 11) is 0. The summed E-state index contributed by atoms with van der Waals surface area (Å²) >= 11 is 6.32. The number of rotatable bonds is 7. The number of ether oxygens (including phenoxy) is 1. The number of hydrogen-bond donors (Lipinski definition) is 1. The Kier molecular flexibility index (Phi) is 5.34. The van der Waals surface area contributed by atoms with Gasteiger partial charge in [-0.25, -0.2) is 0 Å². The number of nitrogens with one attached hydrogen (secondary N) is 1. The standard InChI is InChI=1S/C26H32ClNO/c1-18(26-13-20-9-21(14-26)11-22(10-20)15-26)28-16-23-12-24(27)7-8-25(23)29-17-19-5-3-2-4-6-19/h2-8,12,18,20-22,28H,9-11,13-17H2,1H3. The molecule has 2 nitrogen and oxygen atoms in total. The fraction of sp³-hybridized carbons (Fsp3) is 0.538. The molecular weight excluding hydrogens is 378 g/mol. The summed E-state index contributed by atoms with van der Waals surface area (Å²) in [5, 5.41) is 4.66. The molecule has 0 saturated heterocycles. The van der Waals surface area contributed by atoms with Gasteiger partial charge in [0, 0.05) is 23.2 Å². The Hall–Kier alpha value is -1.51. The van der Waals surface area contributed by atoms with Gasteiger partial charge >= 0.3 is 0 Å². The minimum absolute atomic E-state index is 0.512. The van der Waals surface area contributed by atoms with E-state index >= 15 is 0 Å². The Labute approximate surface area is 180 Å². The molecule has 2 aromatic rings. The highest BCUT2D eigenvalue weighted by Gasteiger charge is 2.52. The van der Waals surface area contributed by atoms with Crippen LogP contribution in [-0.2, 0) is 13.2 Å². The topological polar surface area (TPSA) is 21.3 Å². The molecule has 4 aliphatic carbocycles. The molecule has 0 radical (unpaired) electrons. The molecule has 29 heavy (non-hydrogen) atoms. The summed E-state index contributed by atoms with van der Waals surface area (Å²) in [6.45, 7) is 3.82. The van der Waals surface area contributed by atoms with Crippen molar-refractivity contribution in [2.75, 3.05) is 0 Å². The van der Waals surface area contributed by atoms with Crippen molar-refractivity contribution in [3.8, 4) is 5.75 Å². The Morgan fingerprint density at radius 2 is 1.66 bits per heavy atom. The molecule has 0 aromatic heterocycles. The van der Waals surface area contributed by atoms with Crippen LogP contribution < -0.4 is 10.1 Å². The van der Waals surface area contributed by atoms with E-state index < -0.39 is 0 Å². The predicted molar refractivity (Wildman–Crippen MR) is 119 cm³/mol. The minimum atomic E-state index is 0.512. The van der Waals surface area contributed by atoms with E-state index in [1.54, 1.807) is 0 Å². The Bertz CT molecular complexity index is 814. The molecule has 1 unspecified atom stereocenters. The van der Waals surface area contributed by atoms with Crippen LogP contribution in [0.1, 0.15) is 56.6 Å². The third-order valence-electron chi connectivity index (χ3n) is 7.86. The summed E-state index contributed by atoms with van der Waals surface area (Å²) < 4.78 is 6.16. The van der Waals surface area contributed by atoms with Crippen LogP contribution in [0.4, 0.5) is 0 Å². The Morgan fingerprint density at radius 1 is 1.00 bits per heavy atom. The van der Waals surface area contributed by atoms with Crippen molar-refractivity contribution in [2.45, 2.75) is 64.6 Å². The first-order valence-corrected chi connectivity index (χ1v) is 11.7. The molecule has 2 aromatic carbocycles. The lowest BCUT2D eigenvalue weighted by Gasteiger charge is -2.59. The van der Waals surface area contributed by atoms with Gasteiger partial charge in [0.2, 0.25) is 0 Å². The van der Waals surface area contributed by atoms with Gasteiger partial charge in [-0.3, -0.25) is 0 Å². The molecule has 4 aliphatic rings. The molecular formula is C26H32ClNO. The van der Waals surface area contributed by atoms with Gasteiger partial charge in [0.05, 0.1) is 0 Å². The molecule has 0 heterocycles. The average Bonchev–Trinajstić information content (AvgIpc) is 2.71. The predicted octanol–water partition coefficient (Wildman–Crippen LogP) is 6.61. The summed E-state index contributed by atoms with van der Waals surface area (Å²) in [6, 6.07) is 16.9. The first-order valence-electron chi connectivity index (χ1n) is 11.3. The van der Waals surface area contributed by atoms with Gasteiger partial charge in [-0.2, -0.15) is 0 Å². The highest BCUT2D eigenvalue weighted by atomic mass is 35.5. The molecule has 1 atom stereocenters. The molecule has 0 aliphatic heterocycles. The number of halogens is 1. The zero-order chi connectivity index (χ0) is 19.8. The first-order chi connectivity index (χ1) is 14.1. The highest BCUT2D eigenvalue weighted by Crippen LogP contribution is 2.61. The van der Waals surface area contributed by atoms with Crippen LogP contribution in [0.5, 0.6) is 5.75 Å². The monoisotopic (exact) mass is 409 g/mol. The van der Waals surface area contributed by atoms with Gasteiger partial charge in [-0.05, 0) is 92.4 Å². The molecule has 154 valence electrons. The van der Waals surface area contributed by atoms with Crippen molar-refractivity contribution in [1.82, 2.24) is 5.32 Å². The van der Waals surface area contributed by atoms with Gasteiger partial charge in [0.25, 0.3) is 0 Å². The summed E-state index contributed by atoms with van der Waals surface area (Å²) in [5.74, 6) is 3.90. The first kappa shape index (κ1) is 19.5. The molecule has 0 spiro atoms. The van der Waals surface area contributed by atoms with Crippen LogP contribution >= 0.6 is 11.6 Å². The largest absolute Gasteiger partial charge is 0.489 e. The third kappa shape index (κ3) is 4.07. The maximum atomic E-state index is 6.32. The second-order valence-corrected chi connectivity index (χ2v) is 10.3. The van der Waals surface area contributed by atoms with E-state index in [4.69, 9.17) is 16.3 Å². The minimum Gasteiger partial charge on any atom is -0.489 e. The zero-order valence-electron chi connectivity index (χ0n) is 17.4. The second-order valence-electron chi connectivity index (χ2n) is 9.91. The van der Waals surface area contributed by atoms with Crippen molar-refractivity contribution in [2.24, 2.45) is 23.2 Å². The van der Waals surface area contributed by atoms with Gasteiger partial charge in [-0.15, -0.1) is 0 Å². The van der Waals surface area contributed by atoms with Crippen LogP contribution in [0, 0.1) is 23.2 Å². The maximum Gasteiger partial charge on any atom is 0.124 e. The van der Waals surface area contributed by atoms with Crippen molar-refractivity contribution >= 4 is 11.6 Å². The fourth-order valence-electron chi connectivity index (χ4n) is 6.75. The van der Waals surface area contributed by atoms with E-state index in [0.29, 0.717) is 18.1 Å². The van der Waals surface area contributed by atoms with E-state index in [1.807, 2.05) is 18.2 Å². The lowest BCUT2D eigenvalue weighted by molar-refractivity contribution is -0.0706. The van der Waals surface area contributed by atoms with Crippen LogP contribution in [-0.4, -0.2) is 6.04 Å². The van der Waals surface area contributed by atoms with Gasteiger partial charge in [0.15, 0.2) is 0 Å². The fourth-order valence-corrected chi connectivity index (χ4v) is 6.94. The molecule has 3 heteroatoms. The second kappa shape index (κ2) is 7.96. The SMILES string of the molecule is CC(NCc1cc(Cl)ccc1OCc1ccccc1)C12CC3CC(CC(C3)C1)C2. The molecule has 1 N–H and O–H groups in total. The third-order valence-corrected chi connectivity index (χ3v) is 8.10. The van der Waals surface area contributed by atoms with E-state index in [1.165, 1.54) is 44.1 Å². The molecule has 4 saturated carbocycles. The normalized spacial score (nSPS) is 31.0. The quantitative estimate of drug-likeness (QED) is 0.555. The van der Waals surface area contributed by atoms with Crippen LogP contribution in [0.25, 0.3) is 0 Å². The summed E-state index contributed by atoms with van der Waals surface area (Å²) in [4.78, 5) is 0. The Balaban J connectivity index is 1.26. The van der Waals surface area contributed by atoms with Crippen molar-refractivity contribution in [1.29, 1.82) is 0 Å². The zero-order valence-corrected chi connectivity index (χ0v) is 18.1. The molecule has 6 rings (SSSR count). The summed E-state index contributed by atoms with van der Waals surface area (Å²) in [5.41, 5.74) is 2.85. The van der Waals surface area contributed by atoms with E-state index in [9.17, 15) is 0 Å². The Morgan fingerprint density at radius 3 is 2.31 bits per heavy atom. The van der Waals surface area contributed by atoms with Crippen LogP contribution in [0.2, 0.25) is 5.02 Å². The van der Waals surface area contributed by atoms with Crippen molar-refractivity contribution < 1.29 is 4.74 Å². The van der Waals surface area contributed by atoms with Crippen molar-refractivity contribution in [3.05, 3.63) is 64.7 Å². The number of hydrogen-bond acceptors (Lipinski definition) is 2. The van der Waals surface area contributed by atoms with Crippen LogP contribution in [0.3, 0.4) is 0 Å². The molecule has 4 fully saturated rings. The van der Waals surface area contributed by atoms with Gasteiger partial charge in [0.1, 0.15) is 12.4 Å². The lowest BCUT2D eigenvalue weighted by atomic mass is 9.48.